The van der Waals surface area contributed by atoms with Crippen molar-refractivity contribution >= 4 is 17.2 Å². The molecule has 1 heterocycles. The first-order valence-corrected chi connectivity index (χ1v) is 10.4. The van der Waals surface area contributed by atoms with E-state index in [-0.39, 0.29) is 12.5 Å². The Kier molecular flexibility index (Phi) is 7.17. The van der Waals surface area contributed by atoms with Crippen molar-refractivity contribution in [1.29, 1.82) is 0 Å². The number of hydrogen-bond acceptors (Lipinski definition) is 5. The zero-order valence-electron chi connectivity index (χ0n) is 17.0. The fraction of sp³-hybridized carbons (Fsp3) is 0.273. The van der Waals surface area contributed by atoms with E-state index in [9.17, 15) is 18.0 Å². The second-order valence-corrected chi connectivity index (χ2v) is 7.50. The third-order valence-corrected chi connectivity index (χ3v) is 5.25. The van der Waals surface area contributed by atoms with Crippen LogP contribution in [0.5, 0.6) is 11.5 Å². The highest BCUT2D eigenvalue weighted by Gasteiger charge is 2.29. The number of nitrogens with zero attached hydrogens (tertiary/aromatic N) is 1. The van der Waals surface area contributed by atoms with Gasteiger partial charge in [-0.3, -0.25) is 4.79 Å². The van der Waals surface area contributed by atoms with Gasteiger partial charge in [0.1, 0.15) is 17.3 Å². The summed E-state index contributed by atoms with van der Waals surface area (Å²) in [5, 5.41) is 5.14. The Balaban J connectivity index is 1.70. The summed E-state index contributed by atoms with van der Waals surface area (Å²) in [6.45, 7) is 2.65. The van der Waals surface area contributed by atoms with Crippen LogP contribution in [0.25, 0.3) is 10.6 Å². The number of alkyl halides is 3. The molecule has 1 aromatic heterocycles. The molecule has 0 unspecified atom stereocenters. The van der Waals surface area contributed by atoms with Gasteiger partial charge in [-0.25, -0.2) is 4.98 Å². The molecule has 3 aromatic rings. The summed E-state index contributed by atoms with van der Waals surface area (Å²) >= 11 is 1.34. The fourth-order valence-corrected chi connectivity index (χ4v) is 3.51. The lowest BCUT2D eigenvalue weighted by Gasteiger charge is -2.12. The van der Waals surface area contributed by atoms with Crippen molar-refractivity contribution in [3.63, 3.8) is 0 Å². The van der Waals surface area contributed by atoms with Crippen molar-refractivity contribution in [3.05, 3.63) is 64.7 Å². The van der Waals surface area contributed by atoms with Crippen LogP contribution >= 0.6 is 11.3 Å². The number of aromatic nitrogens is 1. The summed E-state index contributed by atoms with van der Waals surface area (Å²) in [5.41, 5.74) is 1.01. The van der Waals surface area contributed by atoms with Crippen LogP contribution in [-0.4, -0.2) is 24.5 Å². The van der Waals surface area contributed by atoms with Crippen LogP contribution in [0.15, 0.2) is 47.8 Å². The standard InChI is InChI=1S/C22H21F3N2O3S/c1-3-10-26-20(28)17-13-31-21(27-17)15-6-9-18(19(11-15)29-2)30-12-14-4-7-16(8-5-14)22(23,24)25/h4-9,11,13H,3,10,12H2,1-2H3,(H,26,28). The Morgan fingerprint density at radius 2 is 1.87 bits per heavy atom. The van der Waals surface area contributed by atoms with Crippen molar-refractivity contribution in [2.24, 2.45) is 0 Å². The quantitative estimate of drug-likeness (QED) is 0.488. The van der Waals surface area contributed by atoms with Gasteiger partial charge in [0, 0.05) is 17.5 Å². The molecule has 0 radical (unpaired) electrons. The Morgan fingerprint density at radius 3 is 2.52 bits per heavy atom. The summed E-state index contributed by atoms with van der Waals surface area (Å²) < 4.78 is 49.1. The van der Waals surface area contributed by atoms with Crippen LogP contribution in [-0.2, 0) is 12.8 Å². The van der Waals surface area contributed by atoms with Gasteiger partial charge >= 0.3 is 6.18 Å². The highest BCUT2D eigenvalue weighted by atomic mass is 32.1. The predicted molar refractivity (Wildman–Crippen MR) is 113 cm³/mol. The number of thiazole rings is 1. The predicted octanol–water partition coefficient (Wildman–Crippen LogP) is 5.56. The average Bonchev–Trinajstić information content (AvgIpc) is 3.26. The third-order valence-electron chi connectivity index (χ3n) is 4.36. The molecule has 0 saturated carbocycles. The molecule has 31 heavy (non-hydrogen) atoms. The van der Waals surface area contributed by atoms with E-state index in [1.54, 1.807) is 23.6 Å². The normalized spacial score (nSPS) is 11.3. The number of ether oxygens (including phenoxy) is 2. The molecule has 2 aromatic carbocycles. The van der Waals surface area contributed by atoms with Crippen LogP contribution in [0, 0.1) is 0 Å². The maximum atomic E-state index is 12.7. The van der Waals surface area contributed by atoms with E-state index in [1.165, 1.54) is 30.6 Å². The van der Waals surface area contributed by atoms with Gasteiger partial charge in [0.15, 0.2) is 11.5 Å². The number of rotatable bonds is 8. The Hall–Kier alpha value is -3.07. The molecule has 0 spiro atoms. The van der Waals surface area contributed by atoms with Gasteiger partial charge in [-0.1, -0.05) is 19.1 Å². The molecule has 0 atom stereocenters. The molecule has 0 aliphatic heterocycles. The molecule has 1 amide bonds. The Morgan fingerprint density at radius 1 is 1.13 bits per heavy atom. The minimum absolute atomic E-state index is 0.0901. The molecule has 164 valence electrons. The molecular formula is C22H21F3N2O3S. The third kappa shape index (κ3) is 5.75. The van der Waals surface area contributed by atoms with E-state index in [0.29, 0.717) is 34.3 Å². The molecule has 0 aliphatic carbocycles. The summed E-state index contributed by atoms with van der Waals surface area (Å²) in [4.78, 5) is 16.4. The van der Waals surface area contributed by atoms with Gasteiger partial charge < -0.3 is 14.8 Å². The van der Waals surface area contributed by atoms with Crippen molar-refractivity contribution in [2.75, 3.05) is 13.7 Å². The minimum atomic E-state index is -4.37. The van der Waals surface area contributed by atoms with Crippen molar-refractivity contribution in [1.82, 2.24) is 10.3 Å². The highest BCUT2D eigenvalue weighted by Crippen LogP contribution is 2.34. The molecule has 1 N–H and O–H groups in total. The summed E-state index contributed by atoms with van der Waals surface area (Å²) in [6.07, 6.45) is -3.53. The number of benzene rings is 2. The van der Waals surface area contributed by atoms with Gasteiger partial charge in [0.2, 0.25) is 0 Å². The molecule has 9 heteroatoms. The number of carbonyl (C=O) groups is 1. The van der Waals surface area contributed by atoms with Gasteiger partial charge in [-0.05, 0) is 42.3 Å². The number of nitrogens with one attached hydrogen (secondary N) is 1. The van der Waals surface area contributed by atoms with Crippen molar-refractivity contribution in [3.8, 4) is 22.1 Å². The van der Waals surface area contributed by atoms with Gasteiger partial charge in [-0.2, -0.15) is 13.2 Å². The fourth-order valence-electron chi connectivity index (χ4n) is 2.71. The summed E-state index contributed by atoms with van der Waals surface area (Å²) in [5.74, 6) is 0.688. The van der Waals surface area contributed by atoms with Crippen molar-refractivity contribution in [2.45, 2.75) is 26.1 Å². The molecule has 3 rings (SSSR count). The second kappa shape index (κ2) is 9.82. The lowest BCUT2D eigenvalue weighted by atomic mass is 10.1. The maximum absolute atomic E-state index is 12.7. The Labute approximate surface area is 181 Å². The molecule has 0 saturated heterocycles. The first kappa shape index (κ1) is 22.6. The Bertz CT molecular complexity index is 1030. The zero-order valence-corrected chi connectivity index (χ0v) is 17.8. The second-order valence-electron chi connectivity index (χ2n) is 6.64. The minimum Gasteiger partial charge on any atom is -0.493 e. The largest absolute Gasteiger partial charge is 0.493 e. The number of carbonyl (C=O) groups excluding carboxylic acids is 1. The smallest absolute Gasteiger partial charge is 0.416 e. The van der Waals surface area contributed by atoms with Crippen LogP contribution in [0.3, 0.4) is 0 Å². The first-order chi connectivity index (χ1) is 14.8. The van der Waals surface area contributed by atoms with E-state index < -0.39 is 11.7 Å². The topological polar surface area (TPSA) is 60.5 Å². The summed E-state index contributed by atoms with van der Waals surface area (Å²) in [6, 6.07) is 10.0. The van der Waals surface area contributed by atoms with Gasteiger partial charge in [0.25, 0.3) is 5.91 Å². The number of hydrogen-bond donors (Lipinski definition) is 1. The van der Waals surface area contributed by atoms with E-state index in [4.69, 9.17) is 9.47 Å². The van der Waals surface area contributed by atoms with E-state index >= 15 is 0 Å². The lowest BCUT2D eigenvalue weighted by molar-refractivity contribution is -0.137. The average molecular weight is 450 g/mol. The summed E-state index contributed by atoms with van der Waals surface area (Å²) in [7, 11) is 1.50. The molecule has 0 fully saturated rings. The maximum Gasteiger partial charge on any atom is 0.416 e. The van der Waals surface area contributed by atoms with E-state index in [2.05, 4.69) is 10.3 Å². The number of methoxy groups -OCH3 is 1. The van der Waals surface area contributed by atoms with E-state index in [1.807, 2.05) is 6.92 Å². The lowest BCUT2D eigenvalue weighted by Crippen LogP contribution is -2.24. The van der Waals surface area contributed by atoms with Gasteiger partial charge in [0.05, 0.1) is 12.7 Å². The monoisotopic (exact) mass is 450 g/mol. The SMILES string of the molecule is CCCNC(=O)c1csc(-c2ccc(OCc3ccc(C(F)(F)F)cc3)c(OC)c2)n1. The first-order valence-electron chi connectivity index (χ1n) is 9.53. The van der Waals surface area contributed by atoms with Crippen molar-refractivity contribution < 1.29 is 27.4 Å². The highest BCUT2D eigenvalue weighted by molar-refractivity contribution is 7.13. The molecular weight excluding hydrogens is 429 g/mol. The molecule has 5 nitrogen and oxygen atoms in total. The van der Waals surface area contributed by atoms with Crippen LogP contribution < -0.4 is 14.8 Å². The zero-order chi connectivity index (χ0) is 22.4. The van der Waals surface area contributed by atoms with Gasteiger partial charge in [-0.15, -0.1) is 11.3 Å². The van der Waals surface area contributed by atoms with Crippen LogP contribution in [0.1, 0.15) is 35.0 Å². The molecule has 0 bridgehead atoms. The van der Waals surface area contributed by atoms with E-state index in [0.717, 1.165) is 24.1 Å². The van der Waals surface area contributed by atoms with Crippen LogP contribution in [0.4, 0.5) is 13.2 Å². The number of halogens is 3. The molecule has 0 aliphatic rings. The number of amides is 1. The van der Waals surface area contributed by atoms with Crippen LogP contribution in [0.2, 0.25) is 0 Å².